The fourth-order valence-electron chi connectivity index (χ4n) is 3.48. The Labute approximate surface area is 185 Å². The summed E-state index contributed by atoms with van der Waals surface area (Å²) < 4.78 is 62.1. The molecule has 172 valence electrons. The molecule has 0 radical (unpaired) electrons. The number of cyclic esters (lactones) is 1. The van der Waals surface area contributed by atoms with Gasteiger partial charge in [-0.15, -0.1) is 0 Å². The minimum Gasteiger partial charge on any atom is -0.442 e. The van der Waals surface area contributed by atoms with Crippen LogP contribution in [0, 0.1) is 11.6 Å². The molecule has 13 heteroatoms. The van der Waals surface area contributed by atoms with Crippen molar-refractivity contribution in [1.82, 2.24) is 14.3 Å². The standard InChI is InChI=1S/C18H25F2N5O4S2/c1-3-16(30)22-10-13-11-25(18(26)29-13)12-8-14(19)17(15(20)9-12)23-4-6-24(7-5-23)31(27,28)21-2/h8-9,13,21H,3-7,10-11H2,1-2H3,(H,22,30). The van der Waals surface area contributed by atoms with Crippen LogP contribution in [0.15, 0.2) is 12.1 Å². The van der Waals surface area contributed by atoms with E-state index in [0.29, 0.717) is 18.0 Å². The average molecular weight is 478 g/mol. The Kier molecular flexibility index (Phi) is 7.29. The summed E-state index contributed by atoms with van der Waals surface area (Å²) >= 11 is 5.08. The number of amides is 1. The van der Waals surface area contributed by atoms with Gasteiger partial charge in [0.05, 0.1) is 23.8 Å². The first-order valence-corrected chi connectivity index (χ1v) is 11.7. The largest absolute Gasteiger partial charge is 0.442 e. The van der Waals surface area contributed by atoms with Gasteiger partial charge in [0.25, 0.3) is 10.2 Å². The quantitative estimate of drug-likeness (QED) is 0.570. The van der Waals surface area contributed by atoms with Crippen molar-refractivity contribution < 1.29 is 26.7 Å². The Balaban J connectivity index is 1.70. The summed E-state index contributed by atoms with van der Waals surface area (Å²) in [5, 5.41) is 2.98. The first-order chi connectivity index (χ1) is 14.7. The maximum Gasteiger partial charge on any atom is 0.414 e. The van der Waals surface area contributed by atoms with Gasteiger partial charge in [0, 0.05) is 45.4 Å². The molecule has 2 aliphatic heterocycles. The summed E-state index contributed by atoms with van der Waals surface area (Å²) in [7, 11) is -2.28. The van der Waals surface area contributed by atoms with E-state index in [4.69, 9.17) is 17.0 Å². The van der Waals surface area contributed by atoms with Crippen LogP contribution in [0.5, 0.6) is 0 Å². The molecule has 0 bridgehead atoms. The maximum absolute atomic E-state index is 14.8. The fraction of sp³-hybridized carbons (Fsp3) is 0.556. The van der Waals surface area contributed by atoms with Crippen LogP contribution in [0.25, 0.3) is 0 Å². The van der Waals surface area contributed by atoms with Crippen molar-refractivity contribution in [3.05, 3.63) is 23.8 Å². The van der Waals surface area contributed by atoms with Crippen LogP contribution in [0.1, 0.15) is 13.3 Å². The molecule has 0 saturated carbocycles. The zero-order valence-electron chi connectivity index (χ0n) is 17.2. The van der Waals surface area contributed by atoms with Crippen molar-refractivity contribution in [2.24, 2.45) is 0 Å². The lowest BCUT2D eigenvalue weighted by Crippen LogP contribution is -2.51. The summed E-state index contributed by atoms with van der Waals surface area (Å²) in [6.45, 7) is 2.80. The topological polar surface area (TPSA) is 94.2 Å². The second kappa shape index (κ2) is 9.59. The van der Waals surface area contributed by atoms with Crippen LogP contribution in [-0.4, -0.2) is 76.2 Å². The molecule has 2 N–H and O–H groups in total. The van der Waals surface area contributed by atoms with Gasteiger partial charge in [-0.3, -0.25) is 4.90 Å². The first-order valence-electron chi connectivity index (χ1n) is 9.83. The van der Waals surface area contributed by atoms with Crippen LogP contribution in [0.2, 0.25) is 0 Å². The van der Waals surface area contributed by atoms with Gasteiger partial charge in [0.1, 0.15) is 11.8 Å². The molecule has 0 aromatic heterocycles. The number of nitrogens with one attached hydrogen (secondary N) is 2. The highest BCUT2D eigenvalue weighted by molar-refractivity contribution is 7.87. The Morgan fingerprint density at radius 3 is 2.39 bits per heavy atom. The molecule has 2 saturated heterocycles. The van der Waals surface area contributed by atoms with Crippen molar-refractivity contribution in [1.29, 1.82) is 0 Å². The molecule has 2 heterocycles. The van der Waals surface area contributed by atoms with Gasteiger partial charge in [0.2, 0.25) is 0 Å². The van der Waals surface area contributed by atoms with Gasteiger partial charge in [0.15, 0.2) is 11.6 Å². The lowest BCUT2D eigenvalue weighted by atomic mass is 10.2. The number of ether oxygens (including phenoxy) is 1. The number of hydrogen-bond donors (Lipinski definition) is 2. The number of halogens is 2. The van der Waals surface area contributed by atoms with Gasteiger partial charge in [-0.2, -0.15) is 12.7 Å². The third-order valence-corrected chi connectivity index (χ3v) is 7.18. The third kappa shape index (κ3) is 5.22. The smallest absolute Gasteiger partial charge is 0.414 e. The second-order valence-corrected chi connectivity index (χ2v) is 9.49. The molecular formula is C18H25F2N5O4S2. The Morgan fingerprint density at radius 2 is 1.84 bits per heavy atom. The Bertz CT molecular complexity index is 931. The zero-order valence-corrected chi connectivity index (χ0v) is 18.9. The molecule has 2 fully saturated rings. The highest BCUT2D eigenvalue weighted by Crippen LogP contribution is 2.31. The lowest BCUT2D eigenvalue weighted by molar-refractivity contribution is 0.143. The van der Waals surface area contributed by atoms with Crippen LogP contribution in [-0.2, 0) is 14.9 Å². The number of carbonyl (C=O) groups excluding carboxylic acids is 1. The molecule has 1 aromatic rings. The maximum atomic E-state index is 14.8. The lowest BCUT2D eigenvalue weighted by Gasteiger charge is -2.35. The van der Waals surface area contributed by atoms with Crippen molar-refractivity contribution in [3.63, 3.8) is 0 Å². The van der Waals surface area contributed by atoms with Gasteiger partial charge >= 0.3 is 6.09 Å². The molecule has 3 rings (SSSR count). The third-order valence-electron chi connectivity index (χ3n) is 5.19. The van der Waals surface area contributed by atoms with E-state index in [1.54, 1.807) is 0 Å². The molecule has 1 amide bonds. The van der Waals surface area contributed by atoms with Crippen molar-refractivity contribution in [2.75, 3.05) is 56.1 Å². The molecule has 2 aliphatic rings. The SMILES string of the molecule is CCC(=S)NCC1CN(c2cc(F)c(N3CCN(S(=O)(=O)NC)CC3)c(F)c2)C(=O)O1. The molecule has 1 aromatic carbocycles. The van der Waals surface area contributed by atoms with E-state index >= 15 is 0 Å². The van der Waals surface area contributed by atoms with E-state index in [1.165, 1.54) is 21.2 Å². The number of hydrogen-bond acceptors (Lipinski definition) is 6. The molecule has 9 nitrogen and oxygen atoms in total. The highest BCUT2D eigenvalue weighted by Gasteiger charge is 2.34. The number of piperazine rings is 1. The fourth-order valence-corrected chi connectivity index (χ4v) is 4.47. The van der Waals surface area contributed by atoms with E-state index in [9.17, 15) is 22.0 Å². The van der Waals surface area contributed by atoms with Crippen LogP contribution in [0.3, 0.4) is 0 Å². The van der Waals surface area contributed by atoms with Gasteiger partial charge < -0.3 is 15.0 Å². The van der Waals surface area contributed by atoms with Crippen molar-refractivity contribution >= 4 is 44.9 Å². The predicted molar refractivity (Wildman–Crippen MR) is 117 cm³/mol. The molecule has 0 aliphatic carbocycles. The van der Waals surface area contributed by atoms with Crippen LogP contribution < -0.4 is 19.8 Å². The Hall–Kier alpha value is -2.09. The van der Waals surface area contributed by atoms with Crippen molar-refractivity contribution in [2.45, 2.75) is 19.4 Å². The van der Waals surface area contributed by atoms with E-state index in [2.05, 4.69) is 10.0 Å². The van der Waals surface area contributed by atoms with Gasteiger partial charge in [-0.25, -0.2) is 18.3 Å². The van der Waals surface area contributed by atoms with Gasteiger partial charge in [-0.1, -0.05) is 19.1 Å². The number of carbonyl (C=O) groups is 1. The molecule has 1 unspecified atom stereocenters. The van der Waals surface area contributed by atoms with Crippen LogP contribution >= 0.6 is 12.2 Å². The van der Waals surface area contributed by atoms with E-state index in [0.717, 1.165) is 12.1 Å². The van der Waals surface area contributed by atoms with Gasteiger partial charge in [-0.05, 0) is 6.42 Å². The van der Waals surface area contributed by atoms with E-state index < -0.39 is 34.0 Å². The summed E-state index contributed by atoms with van der Waals surface area (Å²) in [4.78, 5) is 15.5. The van der Waals surface area contributed by atoms with Crippen LogP contribution in [0.4, 0.5) is 25.0 Å². The highest BCUT2D eigenvalue weighted by atomic mass is 32.2. The summed E-state index contributed by atoms with van der Waals surface area (Å²) in [6.07, 6.45) is -0.524. The minimum absolute atomic E-state index is 0.0562. The normalized spacial score (nSPS) is 20.1. The molecule has 31 heavy (non-hydrogen) atoms. The number of anilines is 2. The zero-order chi connectivity index (χ0) is 22.8. The minimum atomic E-state index is -3.59. The monoisotopic (exact) mass is 477 g/mol. The van der Waals surface area contributed by atoms with E-state index in [-0.39, 0.29) is 44.1 Å². The molecule has 1 atom stereocenters. The number of benzene rings is 1. The van der Waals surface area contributed by atoms with E-state index in [1.807, 2.05) is 6.92 Å². The number of nitrogens with zero attached hydrogens (tertiary/aromatic N) is 3. The van der Waals surface area contributed by atoms with Crippen molar-refractivity contribution in [3.8, 4) is 0 Å². The summed E-state index contributed by atoms with van der Waals surface area (Å²) in [6, 6.07) is 2.17. The molecule has 0 spiro atoms. The molecular weight excluding hydrogens is 452 g/mol. The predicted octanol–water partition coefficient (Wildman–Crippen LogP) is 1.20. The average Bonchev–Trinajstić information content (AvgIpc) is 3.12. The number of thiocarbonyl (C=S) groups is 1. The summed E-state index contributed by atoms with van der Waals surface area (Å²) in [5.41, 5.74) is -0.190. The second-order valence-electron chi connectivity index (χ2n) is 7.13. The summed E-state index contributed by atoms with van der Waals surface area (Å²) in [5.74, 6) is -1.66. The first kappa shape index (κ1) is 23.6. The Morgan fingerprint density at radius 1 is 1.23 bits per heavy atom. The number of rotatable bonds is 7.